The molecule has 86 valence electrons. The fraction of sp³-hybridized carbons (Fsp3) is 0.364. The number of rotatable bonds is 6. The second kappa shape index (κ2) is 5.85. The third kappa shape index (κ3) is 3.05. The number of benzene rings is 1. The number of hydrogen-bond acceptors (Lipinski definition) is 4. The number of aryl methyl sites for hydroxylation is 1. The molecule has 0 N–H and O–H groups in total. The van der Waals surface area contributed by atoms with Crippen molar-refractivity contribution in [2.24, 2.45) is 0 Å². The second-order valence-electron chi connectivity index (χ2n) is 3.32. The highest BCUT2D eigenvalue weighted by atomic mass is 16.6. The number of aldehydes is 1. The van der Waals surface area contributed by atoms with Crippen molar-refractivity contribution in [1.29, 1.82) is 0 Å². The summed E-state index contributed by atoms with van der Waals surface area (Å²) in [6, 6.07) is 4.84. The smallest absolute Gasteiger partial charge is 0.311 e. The Labute approximate surface area is 93.2 Å². The van der Waals surface area contributed by atoms with Gasteiger partial charge in [0.25, 0.3) is 0 Å². The van der Waals surface area contributed by atoms with Crippen molar-refractivity contribution in [3.63, 3.8) is 0 Å². The highest BCUT2D eigenvalue weighted by Gasteiger charge is 2.14. The zero-order chi connectivity index (χ0) is 12.0. The molecule has 16 heavy (non-hydrogen) atoms. The first-order valence-corrected chi connectivity index (χ1v) is 4.94. The first kappa shape index (κ1) is 12.2. The van der Waals surface area contributed by atoms with Crippen LogP contribution in [0.3, 0.4) is 0 Å². The lowest BCUT2D eigenvalue weighted by Crippen LogP contribution is -1.95. The molecule has 0 amide bonds. The second-order valence-corrected chi connectivity index (χ2v) is 3.32. The first-order chi connectivity index (χ1) is 7.69. The molecule has 1 rings (SSSR count). The van der Waals surface area contributed by atoms with Gasteiger partial charge in [-0.05, 0) is 24.5 Å². The minimum absolute atomic E-state index is 0.0360. The van der Waals surface area contributed by atoms with Crippen molar-refractivity contribution < 1.29 is 14.5 Å². The van der Waals surface area contributed by atoms with E-state index in [2.05, 4.69) is 0 Å². The molecule has 0 aromatic heterocycles. The number of ether oxygens (including phenoxy) is 1. The minimum atomic E-state index is -0.470. The molecule has 0 aliphatic rings. The van der Waals surface area contributed by atoms with E-state index in [1.165, 1.54) is 13.2 Å². The molecule has 5 nitrogen and oxygen atoms in total. The van der Waals surface area contributed by atoms with Gasteiger partial charge in [0.15, 0.2) is 5.75 Å². The Kier molecular flexibility index (Phi) is 4.44. The van der Waals surface area contributed by atoms with Gasteiger partial charge in [-0.25, -0.2) is 0 Å². The predicted molar refractivity (Wildman–Crippen MR) is 58.7 cm³/mol. The summed E-state index contributed by atoms with van der Waals surface area (Å²) in [4.78, 5) is 20.4. The zero-order valence-corrected chi connectivity index (χ0v) is 9.01. The maximum absolute atomic E-state index is 10.7. The third-order valence-corrected chi connectivity index (χ3v) is 2.23. The number of nitro benzene ring substituents is 1. The number of hydrogen-bond donors (Lipinski definition) is 0. The van der Waals surface area contributed by atoms with Crippen LogP contribution < -0.4 is 4.74 Å². The van der Waals surface area contributed by atoms with E-state index in [9.17, 15) is 14.9 Å². The van der Waals surface area contributed by atoms with Crippen LogP contribution in [0, 0.1) is 10.1 Å². The highest BCUT2D eigenvalue weighted by Crippen LogP contribution is 2.27. The average molecular weight is 223 g/mol. The van der Waals surface area contributed by atoms with Gasteiger partial charge in [-0.15, -0.1) is 0 Å². The molecule has 0 saturated carbocycles. The molecule has 0 saturated heterocycles. The van der Waals surface area contributed by atoms with E-state index in [1.54, 1.807) is 12.1 Å². The summed E-state index contributed by atoms with van der Waals surface area (Å²) >= 11 is 0. The Morgan fingerprint density at radius 3 is 2.81 bits per heavy atom. The minimum Gasteiger partial charge on any atom is -0.490 e. The molecule has 0 aliphatic heterocycles. The van der Waals surface area contributed by atoms with Crippen molar-refractivity contribution in [3.05, 3.63) is 33.9 Å². The van der Waals surface area contributed by atoms with Gasteiger partial charge in [0.2, 0.25) is 0 Å². The monoisotopic (exact) mass is 223 g/mol. The van der Waals surface area contributed by atoms with Gasteiger partial charge in [-0.1, -0.05) is 6.07 Å². The number of nitrogens with zero attached hydrogens (tertiary/aromatic N) is 1. The van der Waals surface area contributed by atoms with Crippen LogP contribution in [0.4, 0.5) is 5.69 Å². The molecule has 1 aromatic carbocycles. The van der Waals surface area contributed by atoms with Gasteiger partial charge in [0.05, 0.1) is 12.0 Å². The van der Waals surface area contributed by atoms with Crippen molar-refractivity contribution in [3.8, 4) is 5.75 Å². The number of nitro groups is 1. The van der Waals surface area contributed by atoms with Gasteiger partial charge in [0, 0.05) is 12.5 Å². The molecule has 1 aromatic rings. The van der Waals surface area contributed by atoms with Crippen LogP contribution in [-0.2, 0) is 11.2 Å². The lowest BCUT2D eigenvalue weighted by molar-refractivity contribution is -0.385. The third-order valence-electron chi connectivity index (χ3n) is 2.23. The number of methoxy groups -OCH3 is 1. The average Bonchev–Trinajstić information content (AvgIpc) is 2.29. The number of carbonyl (C=O) groups is 1. The van der Waals surface area contributed by atoms with E-state index in [-0.39, 0.29) is 11.4 Å². The molecule has 0 heterocycles. The highest BCUT2D eigenvalue weighted by molar-refractivity contribution is 5.50. The number of unbranched alkanes of at least 4 members (excludes halogenated alkanes) is 1. The Morgan fingerprint density at radius 1 is 1.50 bits per heavy atom. The Morgan fingerprint density at radius 2 is 2.25 bits per heavy atom. The summed E-state index contributed by atoms with van der Waals surface area (Å²) in [6.07, 6.45) is 2.67. The maximum Gasteiger partial charge on any atom is 0.311 e. The van der Waals surface area contributed by atoms with Crippen LogP contribution in [-0.4, -0.2) is 18.3 Å². The fourth-order valence-electron chi connectivity index (χ4n) is 1.42. The molecule has 0 bridgehead atoms. The van der Waals surface area contributed by atoms with Gasteiger partial charge >= 0.3 is 5.69 Å². The van der Waals surface area contributed by atoms with Crippen LogP contribution in [0.25, 0.3) is 0 Å². The van der Waals surface area contributed by atoms with Gasteiger partial charge in [0.1, 0.15) is 6.29 Å². The zero-order valence-electron chi connectivity index (χ0n) is 9.01. The summed E-state index contributed by atoms with van der Waals surface area (Å²) in [5.41, 5.74) is 0.806. The topological polar surface area (TPSA) is 69.4 Å². The summed E-state index contributed by atoms with van der Waals surface area (Å²) < 4.78 is 4.89. The molecule has 0 radical (unpaired) electrons. The molecule has 0 fully saturated rings. The molecule has 0 unspecified atom stereocenters. The van der Waals surface area contributed by atoms with Crippen LogP contribution >= 0.6 is 0 Å². The lowest BCUT2D eigenvalue weighted by Gasteiger charge is -2.04. The van der Waals surface area contributed by atoms with Crippen LogP contribution in [0.5, 0.6) is 5.75 Å². The summed E-state index contributed by atoms with van der Waals surface area (Å²) in [6.45, 7) is 0. The molecular weight excluding hydrogens is 210 g/mol. The molecule has 0 atom stereocenters. The fourth-order valence-corrected chi connectivity index (χ4v) is 1.42. The Balaban J connectivity index is 2.84. The van der Waals surface area contributed by atoms with Crippen molar-refractivity contribution in [1.82, 2.24) is 0 Å². The largest absolute Gasteiger partial charge is 0.490 e. The SMILES string of the molecule is COc1ccc(CCCC=O)cc1[N+](=O)[O-]. The quantitative estimate of drug-likeness (QED) is 0.320. The van der Waals surface area contributed by atoms with Gasteiger partial charge in [-0.2, -0.15) is 0 Å². The van der Waals surface area contributed by atoms with Crippen molar-refractivity contribution in [2.45, 2.75) is 19.3 Å². The van der Waals surface area contributed by atoms with Crippen LogP contribution in [0.1, 0.15) is 18.4 Å². The summed E-state index contributed by atoms with van der Waals surface area (Å²) in [5.74, 6) is 0.254. The summed E-state index contributed by atoms with van der Waals surface area (Å²) in [5, 5.41) is 10.7. The number of carbonyl (C=O) groups excluding carboxylic acids is 1. The molecule has 0 spiro atoms. The van der Waals surface area contributed by atoms with E-state index in [4.69, 9.17) is 4.74 Å². The van der Waals surface area contributed by atoms with Gasteiger partial charge in [-0.3, -0.25) is 10.1 Å². The van der Waals surface area contributed by atoms with E-state index in [0.717, 1.165) is 11.8 Å². The maximum atomic E-state index is 10.7. The molecule has 5 heteroatoms. The van der Waals surface area contributed by atoms with E-state index >= 15 is 0 Å². The predicted octanol–water partition coefficient (Wildman–Crippen LogP) is 2.12. The molecule has 0 aliphatic carbocycles. The van der Waals surface area contributed by atoms with E-state index in [0.29, 0.717) is 19.3 Å². The standard InChI is InChI=1S/C11H13NO4/c1-16-11-6-5-9(4-2-3-7-13)8-10(11)12(14)15/h5-8H,2-4H2,1H3. The Bertz CT molecular complexity index is 390. The summed E-state index contributed by atoms with van der Waals surface area (Å²) in [7, 11) is 1.40. The van der Waals surface area contributed by atoms with Gasteiger partial charge < -0.3 is 9.53 Å². The van der Waals surface area contributed by atoms with E-state index in [1.807, 2.05) is 0 Å². The van der Waals surface area contributed by atoms with E-state index < -0.39 is 4.92 Å². The lowest BCUT2D eigenvalue weighted by atomic mass is 10.1. The Hall–Kier alpha value is -1.91. The normalized spacial score (nSPS) is 9.81. The van der Waals surface area contributed by atoms with Crippen LogP contribution in [0.2, 0.25) is 0 Å². The molecular formula is C11H13NO4. The van der Waals surface area contributed by atoms with Crippen molar-refractivity contribution >= 4 is 12.0 Å². The first-order valence-electron chi connectivity index (χ1n) is 4.94. The van der Waals surface area contributed by atoms with Crippen LogP contribution in [0.15, 0.2) is 18.2 Å². The van der Waals surface area contributed by atoms with Crippen molar-refractivity contribution in [2.75, 3.05) is 7.11 Å².